The van der Waals surface area contributed by atoms with Crippen molar-refractivity contribution in [3.8, 4) is 0 Å². The second kappa shape index (κ2) is 5.09. The van der Waals surface area contributed by atoms with Gasteiger partial charge in [-0.1, -0.05) is 12.1 Å². The molecule has 0 atom stereocenters. The number of hydrogen-bond acceptors (Lipinski definition) is 3. The quantitative estimate of drug-likeness (QED) is 0.735. The lowest BCUT2D eigenvalue weighted by Gasteiger charge is -2.05. The van der Waals surface area contributed by atoms with Gasteiger partial charge in [-0.3, -0.25) is 4.57 Å². The molecule has 0 amide bonds. The summed E-state index contributed by atoms with van der Waals surface area (Å²) in [5.41, 5.74) is 1.29. The number of nitrogens with zero attached hydrogens (tertiary/aromatic N) is 1. The maximum absolute atomic E-state index is 10.8. The van der Waals surface area contributed by atoms with E-state index in [-0.39, 0.29) is 18.3 Å². The van der Waals surface area contributed by atoms with Gasteiger partial charge in [-0.05, 0) is 30.2 Å². The lowest BCUT2D eigenvalue weighted by Crippen LogP contribution is -2.00. The number of benzene rings is 1. The second-order valence-electron chi connectivity index (χ2n) is 4.17. The average molecular weight is 281 g/mol. The van der Waals surface area contributed by atoms with Gasteiger partial charge < -0.3 is 14.9 Å². The Bertz CT molecular complexity index is 679. The zero-order chi connectivity index (χ0) is 14.0. The van der Waals surface area contributed by atoms with E-state index in [4.69, 9.17) is 14.9 Å². The van der Waals surface area contributed by atoms with E-state index in [0.29, 0.717) is 5.52 Å². The number of aryl methyl sites for hydroxylation is 1. The molecule has 0 radical (unpaired) electrons. The summed E-state index contributed by atoms with van der Waals surface area (Å²) in [5.74, 6) is -1.09. The SMILES string of the molecule is O=C(O)c1ccc2cc(CCP(=O)(O)O)ccc2n1. The van der Waals surface area contributed by atoms with Gasteiger partial charge in [0.05, 0.1) is 11.7 Å². The summed E-state index contributed by atoms with van der Waals surface area (Å²) >= 11 is 0. The summed E-state index contributed by atoms with van der Waals surface area (Å²) < 4.78 is 10.8. The smallest absolute Gasteiger partial charge is 0.354 e. The molecule has 2 aromatic rings. The molecule has 0 saturated heterocycles. The van der Waals surface area contributed by atoms with Gasteiger partial charge in [-0.25, -0.2) is 9.78 Å². The molecule has 19 heavy (non-hydrogen) atoms. The monoisotopic (exact) mass is 281 g/mol. The Hall–Kier alpha value is -1.75. The maximum atomic E-state index is 10.8. The van der Waals surface area contributed by atoms with Crippen molar-refractivity contribution in [2.45, 2.75) is 6.42 Å². The number of carbonyl (C=O) groups is 1. The predicted molar refractivity (Wildman–Crippen MR) is 69.3 cm³/mol. The van der Waals surface area contributed by atoms with Crippen LogP contribution in [-0.2, 0) is 11.0 Å². The molecule has 3 N–H and O–H groups in total. The van der Waals surface area contributed by atoms with E-state index in [0.717, 1.165) is 10.9 Å². The van der Waals surface area contributed by atoms with Gasteiger partial charge in [0.2, 0.25) is 0 Å². The van der Waals surface area contributed by atoms with Gasteiger partial charge in [0.25, 0.3) is 0 Å². The summed E-state index contributed by atoms with van der Waals surface area (Å²) in [6, 6.07) is 8.13. The molecule has 0 aliphatic rings. The van der Waals surface area contributed by atoms with Crippen molar-refractivity contribution < 1.29 is 24.3 Å². The Balaban J connectivity index is 2.29. The first-order chi connectivity index (χ1) is 8.85. The van der Waals surface area contributed by atoms with Crippen LogP contribution in [0.5, 0.6) is 0 Å². The highest BCUT2D eigenvalue weighted by Gasteiger charge is 2.13. The molecular weight excluding hydrogens is 269 g/mol. The number of fused-ring (bicyclic) bond motifs is 1. The lowest BCUT2D eigenvalue weighted by molar-refractivity contribution is 0.0691. The Labute approximate surface area is 108 Å². The van der Waals surface area contributed by atoms with Gasteiger partial charge in [-0.2, -0.15) is 0 Å². The van der Waals surface area contributed by atoms with Gasteiger partial charge >= 0.3 is 13.6 Å². The highest BCUT2D eigenvalue weighted by atomic mass is 31.2. The van der Waals surface area contributed by atoms with Crippen molar-refractivity contribution in [1.82, 2.24) is 4.98 Å². The third kappa shape index (κ3) is 3.61. The maximum Gasteiger partial charge on any atom is 0.354 e. The van der Waals surface area contributed by atoms with Crippen molar-refractivity contribution in [2.24, 2.45) is 0 Å². The van der Waals surface area contributed by atoms with Crippen LogP contribution in [0.25, 0.3) is 10.9 Å². The van der Waals surface area contributed by atoms with Crippen LogP contribution in [0.15, 0.2) is 30.3 Å². The fourth-order valence-corrected chi connectivity index (χ4v) is 2.27. The van der Waals surface area contributed by atoms with Crippen LogP contribution in [0.3, 0.4) is 0 Å². The molecule has 0 aliphatic carbocycles. The van der Waals surface area contributed by atoms with Gasteiger partial charge in [0.1, 0.15) is 5.69 Å². The third-order valence-electron chi connectivity index (χ3n) is 2.66. The topological polar surface area (TPSA) is 108 Å². The summed E-state index contributed by atoms with van der Waals surface area (Å²) in [7, 11) is -4.01. The molecule has 1 aromatic carbocycles. The largest absolute Gasteiger partial charge is 0.477 e. The van der Waals surface area contributed by atoms with Crippen LogP contribution in [0.2, 0.25) is 0 Å². The van der Waals surface area contributed by atoms with Crippen LogP contribution >= 0.6 is 7.60 Å². The first kappa shape index (κ1) is 13.7. The van der Waals surface area contributed by atoms with E-state index in [9.17, 15) is 9.36 Å². The van der Waals surface area contributed by atoms with E-state index >= 15 is 0 Å². The summed E-state index contributed by atoms with van der Waals surface area (Å²) in [6.07, 6.45) is 0.0556. The number of aromatic carboxylic acids is 1. The van der Waals surface area contributed by atoms with Crippen molar-refractivity contribution in [2.75, 3.05) is 6.16 Å². The van der Waals surface area contributed by atoms with Gasteiger partial charge in [0, 0.05) is 5.39 Å². The highest BCUT2D eigenvalue weighted by molar-refractivity contribution is 7.51. The van der Waals surface area contributed by atoms with Crippen LogP contribution in [0.1, 0.15) is 16.1 Å². The second-order valence-corrected chi connectivity index (χ2v) is 5.94. The first-order valence-electron chi connectivity index (χ1n) is 5.53. The molecule has 6 nitrogen and oxygen atoms in total. The number of rotatable bonds is 4. The van der Waals surface area contributed by atoms with Crippen LogP contribution in [0, 0.1) is 0 Å². The van der Waals surface area contributed by atoms with E-state index < -0.39 is 13.6 Å². The van der Waals surface area contributed by atoms with Crippen molar-refractivity contribution in [3.05, 3.63) is 41.6 Å². The molecule has 0 spiro atoms. The standard InChI is InChI=1S/C12H12NO5P/c14-12(15)11-4-2-9-7-8(1-3-10(9)13-11)5-6-19(16,17)18/h1-4,7H,5-6H2,(H,14,15)(H2,16,17,18). The minimum atomic E-state index is -4.01. The van der Waals surface area contributed by atoms with E-state index in [1.807, 2.05) is 0 Å². The lowest BCUT2D eigenvalue weighted by atomic mass is 10.1. The molecule has 1 heterocycles. The summed E-state index contributed by atoms with van der Waals surface area (Å²) in [5, 5.41) is 9.57. The van der Waals surface area contributed by atoms with Crippen LogP contribution in [-0.4, -0.2) is 32.0 Å². The van der Waals surface area contributed by atoms with Crippen molar-refractivity contribution >= 4 is 24.5 Å². The Morgan fingerprint density at radius 1 is 1.21 bits per heavy atom. The van der Waals surface area contributed by atoms with Gasteiger partial charge in [-0.15, -0.1) is 0 Å². The number of carboxylic acid groups (broad SMARTS) is 1. The van der Waals surface area contributed by atoms with Crippen molar-refractivity contribution in [3.63, 3.8) is 0 Å². The number of aromatic nitrogens is 1. The molecular formula is C12H12NO5P. The van der Waals surface area contributed by atoms with E-state index in [2.05, 4.69) is 4.98 Å². The molecule has 100 valence electrons. The normalized spacial score (nSPS) is 11.7. The predicted octanol–water partition coefficient (Wildman–Crippen LogP) is 1.65. The molecule has 0 saturated carbocycles. The Morgan fingerprint density at radius 3 is 2.58 bits per heavy atom. The molecule has 2 rings (SSSR count). The Morgan fingerprint density at radius 2 is 1.95 bits per heavy atom. The molecule has 0 unspecified atom stereocenters. The Kier molecular flexibility index (Phi) is 3.66. The summed E-state index contributed by atoms with van der Waals surface area (Å²) in [6.45, 7) is 0. The average Bonchev–Trinajstić information content (AvgIpc) is 2.34. The van der Waals surface area contributed by atoms with Crippen LogP contribution in [0.4, 0.5) is 0 Å². The van der Waals surface area contributed by atoms with Crippen molar-refractivity contribution in [1.29, 1.82) is 0 Å². The molecule has 7 heteroatoms. The molecule has 1 aromatic heterocycles. The molecule has 0 aliphatic heterocycles. The molecule has 0 bridgehead atoms. The highest BCUT2D eigenvalue weighted by Crippen LogP contribution is 2.35. The zero-order valence-electron chi connectivity index (χ0n) is 9.85. The van der Waals surface area contributed by atoms with E-state index in [1.165, 1.54) is 6.07 Å². The molecule has 0 fully saturated rings. The minimum absolute atomic E-state index is 0.0320. The van der Waals surface area contributed by atoms with E-state index in [1.54, 1.807) is 24.3 Å². The fourth-order valence-electron chi connectivity index (χ4n) is 1.72. The first-order valence-corrected chi connectivity index (χ1v) is 7.32. The number of carboxylic acids is 1. The minimum Gasteiger partial charge on any atom is -0.477 e. The van der Waals surface area contributed by atoms with Gasteiger partial charge in [0.15, 0.2) is 0 Å². The third-order valence-corrected chi connectivity index (χ3v) is 3.47. The summed E-state index contributed by atoms with van der Waals surface area (Å²) in [4.78, 5) is 32.4. The fraction of sp³-hybridized carbons (Fsp3) is 0.167. The number of pyridine rings is 1. The zero-order valence-corrected chi connectivity index (χ0v) is 10.7. The number of hydrogen-bond donors (Lipinski definition) is 3. The van der Waals surface area contributed by atoms with Crippen LogP contribution < -0.4 is 0 Å².